The van der Waals surface area contributed by atoms with Crippen LogP contribution in [0.25, 0.3) is 0 Å². The molecule has 2 heterocycles. The molecule has 8 heteroatoms. The van der Waals surface area contributed by atoms with E-state index in [1.54, 1.807) is 0 Å². The fraction of sp³-hybridized carbons (Fsp3) is 0.412. The molecule has 3 aromatic carbocycles. The Morgan fingerprint density at radius 2 is 1.69 bits per heavy atom. The van der Waals surface area contributed by atoms with Gasteiger partial charge in [-0.3, -0.25) is 9.59 Å². The number of hydrogen-bond acceptors (Lipinski definition) is 5. The Morgan fingerprint density at radius 3 is 2.45 bits per heavy atom. The summed E-state index contributed by atoms with van der Waals surface area (Å²) in [5.41, 5.74) is 5.66. The molecule has 42 heavy (non-hydrogen) atoms. The zero-order valence-corrected chi connectivity index (χ0v) is 25.7. The molecule has 1 atom stereocenters. The molecule has 222 valence electrons. The number of halogens is 1. The molecule has 0 aromatic heterocycles. The van der Waals surface area contributed by atoms with Crippen LogP contribution >= 0.6 is 11.6 Å². The summed E-state index contributed by atoms with van der Waals surface area (Å²) in [6.07, 6.45) is 2.91. The van der Waals surface area contributed by atoms with Crippen molar-refractivity contribution in [2.75, 3.05) is 63.1 Å². The van der Waals surface area contributed by atoms with Gasteiger partial charge in [-0.15, -0.1) is 0 Å². The van der Waals surface area contributed by atoms with E-state index in [0.29, 0.717) is 28.4 Å². The second kappa shape index (κ2) is 13.8. The molecule has 5 rings (SSSR count). The molecule has 2 amide bonds. The second-order valence-corrected chi connectivity index (χ2v) is 12.0. The van der Waals surface area contributed by atoms with E-state index < -0.39 is 0 Å². The second-order valence-electron chi connectivity index (χ2n) is 11.6. The molecule has 7 nitrogen and oxygen atoms in total. The van der Waals surface area contributed by atoms with Gasteiger partial charge in [-0.25, -0.2) is 0 Å². The lowest BCUT2D eigenvalue weighted by molar-refractivity contribution is 0.0985. The predicted molar refractivity (Wildman–Crippen MR) is 172 cm³/mol. The van der Waals surface area contributed by atoms with E-state index in [9.17, 15) is 9.59 Å². The Balaban J connectivity index is 1.27. The van der Waals surface area contributed by atoms with Crippen molar-refractivity contribution < 1.29 is 9.59 Å². The van der Waals surface area contributed by atoms with Gasteiger partial charge in [-0.2, -0.15) is 0 Å². The number of amides is 2. The Hall–Kier alpha value is -3.23. The smallest absolute Gasteiger partial charge is 0.258 e. The third kappa shape index (κ3) is 7.21. The number of nitrogens with one attached hydrogen (secondary N) is 2. The summed E-state index contributed by atoms with van der Waals surface area (Å²) in [5.74, 6) is -0.199. The van der Waals surface area contributed by atoms with Crippen LogP contribution in [0.1, 0.15) is 62.7 Å². The molecule has 0 aliphatic carbocycles. The van der Waals surface area contributed by atoms with Gasteiger partial charge in [0.2, 0.25) is 0 Å². The Kier molecular flexibility index (Phi) is 9.95. The summed E-state index contributed by atoms with van der Waals surface area (Å²) >= 11 is 6.48. The van der Waals surface area contributed by atoms with E-state index >= 15 is 0 Å². The zero-order valence-electron chi connectivity index (χ0n) is 25.0. The monoisotopic (exact) mass is 587 g/mol. The number of hydrogen-bond donors (Lipinski definition) is 2. The SMILES string of the molecule is Cc1ccccc1C(=O)Nc1ccc(C(=O)N2CCCC(NCCCN3CCN(C)CC3)c3cc(Cl)ccc32)c(C)c1. The van der Waals surface area contributed by atoms with E-state index in [1.807, 2.05) is 79.4 Å². The van der Waals surface area contributed by atoms with Crippen molar-refractivity contribution in [2.45, 2.75) is 39.2 Å². The van der Waals surface area contributed by atoms with Gasteiger partial charge in [0.15, 0.2) is 0 Å². The van der Waals surface area contributed by atoms with Gasteiger partial charge < -0.3 is 25.3 Å². The van der Waals surface area contributed by atoms with E-state index in [1.165, 1.54) is 0 Å². The van der Waals surface area contributed by atoms with Crippen molar-refractivity contribution in [3.05, 3.63) is 93.5 Å². The number of carbonyl (C=O) groups excluding carboxylic acids is 2. The minimum Gasteiger partial charge on any atom is -0.322 e. The number of fused-ring (bicyclic) bond motifs is 1. The summed E-state index contributed by atoms with van der Waals surface area (Å²) in [7, 11) is 2.19. The third-order valence-corrected chi connectivity index (χ3v) is 8.75. The van der Waals surface area contributed by atoms with Crippen molar-refractivity contribution in [3.63, 3.8) is 0 Å². The molecule has 0 radical (unpaired) electrons. The fourth-order valence-corrected chi connectivity index (χ4v) is 6.19. The van der Waals surface area contributed by atoms with Crippen LogP contribution in [0.2, 0.25) is 5.02 Å². The molecule has 2 aliphatic heterocycles. The first-order valence-corrected chi connectivity index (χ1v) is 15.4. The van der Waals surface area contributed by atoms with Crippen LogP contribution in [-0.2, 0) is 0 Å². The summed E-state index contributed by atoms with van der Waals surface area (Å²) in [6, 6.07) is 19.0. The average Bonchev–Trinajstić information content (AvgIpc) is 3.15. The molecule has 3 aromatic rings. The molecule has 1 fully saturated rings. The summed E-state index contributed by atoms with van der Waals surface area (Å²) in [5, 5.41) is 7.43. The maximum atomic E-state index is 14.0. The van der Waals surface area contributed by atoms with Crippen LogP contribution in [-0.4, -0.2) is 74.5 Å². The topological polar surface area (TPSA) is 67.9 Å². The summed E-state index contributed by atoms with van der Waals surface area (Å²) < 4.78 is 0. The Labute approximate surface area is 254 Å². The number of aryl methyl sites for hydroxylation is 2. The van der Waals surface area contributed by atoms with Crippen LogP contribution in [0.5, 0.6) is 0 Å². The first kappa shape index (κ1) is 30.2. The molecule has 2 N–H and O–H groups in total. The largest absolute Gasteiger partial charge is 0.322 e. The highest BCUT2D eigenvalue weighted by Crippen LogP contribution is 2.36. The van der Waals surface area contributed by atoms with Gasteiger partial charge in [0, 0.05) is 66.3 Å². The molecule has 0 spiro atoms. The first-order valence-electron chi connectivity index (χ1n) is 15.0. The van der Waals surface area contributed by atoms with E-state index in [0.717, 1.165) is 80.9 Å². The Morgan fingerprint density at radius 1 is 0.905 bits per heavy atom. The van der Waals surface area contributed by atoms with Gasteiger partial charge in [0.1, 0.15) is 0 Å². The molecule has 1 saturated heterocycles. The third-order valence-electron chi connectivity index (χ3n) is 8.52. The lowest BCUT2D eigenvalue weighted by Crippen LogP contribution is -2.45. The molecule has 1 unspecified atom stereocenters. The standard InChI is InChI=1S/C34H42ClN5O2/c1-24-8-4-5-9-28(24)33(41)37-27-12-13-29(25(2)22-27)34(42)40-17-6-10-31(30-23-26(35)11-14-32(30)40)36-15-7-16-39-20-18-38(3)19-21-39/h4-5,8-9,11-14,22-23,31,36H,6-7,10,15-21H2,1-3H3,(H,37,41). The van der Waals surface area contributed by atoms with Gasteiger partial charge in [0.25, 0.3) is 11.8 Å². The van der Waals surface area contributed by atoms with E-state index in [-0.39, 0.29) is 17.9 Å². The summed E-state index contributed by atoms with van der Waals surface area (Å²) in [6.45, 7) is 11.0. The highest BCUT2D eigenvalue weighted by atomic mass is 35.5. The molecular formula is C34H42ClN5O2. The Bertz CT molecular complexity index is 1420. The molecular weight excluding hydrogens is 546 g/mol. The van der Waals surface area contributed by atoms with Crippen molar-refractivity contribution in [1.82, 2.24) is 15.1 Å². The van der Waals surface area contributed by atoms with Gasteiger partial charge >= 0.3 is 0 Å². The van der Waals surface area contributed by atoms with Crippen molar-refractivity contribution in [2.24, 2.45) is 0 Å². The van der Waals surface area contributed by atoms with E-state index in [4.69, 9.17) is 11.6 Å². The molecule has 0 saturated carbocycles. The minimum absolute atomic E-state index is 0.0384. The maximum Gasteiger partial charge on any atom is 0.258 e. The number of rotatable bonds is 8. The lowest BCUT2D eigenvalue weighted by Gasteiger charge is -2.32. The van der Waals surface area contributed by atoms with Crippen LogP contribution in [0.4, 0.5) is 11.4 Å². The normalized spacial score (nSPS) is 17.9. The highest BCUT2D eigenvalue weighted by Gasteiger charge is 2.28. The molecule has 0 bridgehead atoms. The number of nitrogens with zero attached hydrogens (tertiary/aromatic N) is 3. The van der Waals surface area contributed by atoms with Crippen LogP contribution in [0.3, 0.4) is 0 Å². The highest BCUT2D eigenvalue weighted by molar-refractivity contribution is 6.30. The summed E-state index contributed by atoms with van der Waals surface area (Å²) in [4.78, 5) is 33.6. The van der Waals surface area contributed by atoms with Gasteiger partial charge in [0.05, 0.1) is 0 Å². The van der Waals surface area contributed by atoms with Crippen molar-refractivity contribution >= 4 is 34.8 Å². The number of piperazine rings is 1. The number of carbonyl (C=O) groups is 2. The van der Waals surface area contributed by atoms with Crippen LogP contribution < -0.4 is 15.5 Å². The first-order chi connectivity index (χ1) is 20.3. The zero-order chi connectivity index (χ0) is 29.6. The predicted octanol–water partition coefficient (Wildman–Crippen LogP) is 5.92. The van der Waals surface area contributed by atoms with Crippen molar-refractivity contribution in [1.29, 1.82) is 0 Å². The molecule has 2 aliphatic rings. The number of likely N-dealkylation sites (N-methyl/N-ethyl adjacent to an activating group) is 1. The quantitative estimate of drug-likeness (QED) is 0.320. The van der Waals surface area contributed by atoms with Gasteiger partial charge in [-0.1, -0.05) is 29.8 Å². The maximum absolute atomic E-state index is 14.0. The lowest BCUT2D eigenvalue weighted by atomic mass is 10.0. The van der Waals surface area contributed by atoms with Crippen LogP contribution in [0, 0.1) is 13.8 Å². The van der Waals surface area contributed by atoms with Crippen LogP contribution in [0.15, 0.2) is 60.7 Å². The number of anilines is 2. The van der Waals surface area contributed by atoms with Crippen molar-refractivity contribution in [3.8, 4) is 0 Å². The average molecular weight is 588 g/mol. The number of benzene rings is 3. The van der Waals surface area contributed by atoms with E-state index in [2.05, 4.69) is 27.5 Å². The van der Waals surface area contributed by atoms with Gasteiger partial charge in [-0.05, 0) is 112 Å². The fourth-order valence-electron chi connectivity index (χ4n) is 6.01. The minimum atomic E-state index is -0.160.